The second kappa shape index (κ2) is 6.72. The first kappa shape index (κ1) is 16.2. The molecule has 0 aliphatic carbocycles. The van der Waals surface area contributed by atoms with E-state index in [1.165, 1.54) is 23.8 Å². The minimum Gasteiger partial charge on any atom is -0.467 e. The molecule has 0 aromatic heterocycles. The summed E-state index contributed by atoms with van der Waals surface area (Å²) < 4.78 is 5.99. The van der Waals surface area contributed by atoms with Gasteiger partial charge in [-0.1, -0.05) is 52.0 Å². The molecule has 1 atom stereocenters. The maximum atomic E-state index is 12.4. The number of benzene rings is 1. The van der Waals surface area contributed by atoms with E-state index in [9.17, 15) is 9.59 Å². The smallest absolute Gasteiger partial charge is 0.328 e. The van der Waals surface area contributed by atoms with E-state index in [0.717, 1.165) is 10.0 Å². The molecule has 2 rings (SSSR count). The van der Waals surface area contributed by atoms with E-state index < -0.39 is 12.0 Å². The molecule has 1 saturated heterocycles. The maximum Gasteiger partial charge on any atom is 0.328 e. The van der Waals surface area contributed by atoms with Crippen molar-refractivity contribution in [3.63, 3.8) is 0 Å². The number of esters is 1. The van der Waals surface area contributed by atoms with Crippen LogP contribution >= 0.6 is 39.9 Å². The van der Waals surface area contributed by atoms with Crippen LogP contribution < -0.4 is 0 Å². The van der Waals surface area contributed by atoms with Gasteiger partial charge >= 0.3 is 5.97 Å². The van der Waals surface area contributed by atoms with Crippen molar-refractivity contribution in [2.24, 2.45) is 0 Å². The van der Waals surface area contributed by atoms with E-state index in [1.807, 2.05) is 24.3 Å². The summed E-state index contributed by atoms with van der Waals surface area (Å²) in [6.45, 7) is 1.60. The fourth-order valence-corrected chi connectivity index (χ4v) is 3.48. The van der Waals surface area contributed by atoms with E-state index >= 15 is 0 Å². The number of carbonyl (C=O) groups is 2. The maximum absolute atomic E-state index is 12.4. The van der Waals surface area contributed by atoms with Crippen molar-refractivity contribution in [1.82, 2.24) is 4.90 Å². The molecule has 1 unspecified atom stereocenters. The van der Waals surface area contributed by atoms with Gasteiger partial charge in [0.25, 0.3) is 5.91 Å². The van der Waals surface area contributed by atoms with Crippen LogP contribution in [0.3, 0.4) is 0 Å². The Morgan fingerprint density at radius 3 is 2.62 bits per heavy atom. The lowest BCUT2D eigenvalue weighted by atomic mass is 10.2. The average molecular weight is 386 g/mol. The Balaban J connectivity index is 2.25. The monoisotopic (exact) mass is 385 g/mol. The Morgan fingerprint density at radius 1 is 1.43 bits per heavy atom. The first-order valence-electron chi connectivity index (χ1n) is 6.04. The van der Waals surface area contributed by atoms with Crippen molar-refractivity contribution in [3.8, 4) is 0 Å². The van der Waals surface area contributed by atoms with Gasteiger partial charge in [0.05, 0.1) is 12.0 Å². The largest absolute Gasteiger partial charge is 0.467 e. The van der Waals surface area contributed by atoms with Crippen LogP contribution in [0.1, 0.15) is 12.5 Å². The van der Waals surface area contributed by atoms with Crippen molar-refractivity contribution in [1.29, 1.82) is 0 Å². The van der Waals surface area contributed by atoms with Gasteiger partial charge in [-0.2, -0.15) is 0 Å². The number of hydrogen-bond acceptors (Lipinski definition) is 5. The molecule has 1 heterocycles. The van der Waals surface area contributed by atoms with Crippen molar-refractivity contribution in [3.05, 3.63) is 39.2 Å². The third-order valence-electron chi connectivity index (χ3n) is 2.92. The van der Waals surface area contributed by atoms with E-state index in [4.69, 9.17) is 12.2 Å². The van der Waals surface area contributed by atoms with Gasteiger partial charge in [-0.05, 0) is 30.7 Å². The molecule has 1 aromatic rings. The first-order chi connectivity index (χ1) is 9.93. The Bertz CT molecular complexity index is 628. The van der Waals surface area contributed by atoms with Gasteiger partial charge in [-0.25, -0.2) is 4.79 Å². The highest BCUT2D eigenvalue weighted by Crippen LogP contribution is 2.34. The fourth-order valence-electron chi connectivity index (χ4n) is 1.80. The van der Waals surface area contributed by atoms with Crippen molar-refractivity contribution in [2.45, 2.75) is 13.0 Å². The summed E-state index contributed by atoms with van der Waals surface area (Å²) >= 11 is 9.73. The summed E-state index contributed by atoms with van der Waals surface area (Å²) in [6, 6.07) is 6.84. The first-order valence-corrected chi connectivity index (χ1v) is 8.06. The van der Waals surface area contributed by atoms with Crippen molar-refractivity contribution < 1.29 is 14.3 Å². The van der Waals surface area contributed by atoms with E-state index in [2.05, 4.69) is 20.7 Å². The Kier molecular flexibility index (Phi) is 5.18. The third-order valence-corrected chi connectivity index (χ3v) is 4.78. The minimum absolute atomic E-state index is 0.272. The number of rotatable bonds is 3. The zero-order valence-corrected chi connectivity index (χ0v) is 14.5. The number of carbonyl (C=O) groups excluding carboxylic acids is 2. The zero-order chi connectivity index (χ0) is 15.6. The number of amides is 1. The standard InChI is InChI=1S/C14H12BrNO3S2/c1-8(13(18)19-2)16-12(17)11(21-14(16)20)7-9-3-5-10(15)6-4-9/h3-8H,1-2H3/b11-7-. The van der Waals surface area contributed by atoms with Gasteiger partial charge in [0.1, 0.15) is 10.4 Å². The molecule has 0 radical (unpaired) electrons. The lowest BCUT2D eigenvalue weighted by Crippen LogP contribution is -2.42. The summed E-state index contributed by atoms with van der Waals surface area (Å²) in [5.74, 6) is -0.762. The molecule has 1 aromatic carbocycles. The normalized spacial score (nSPS) is 18.2. The van der Waals surface area contributed by atoms with Gasteiger partial charge in [0.2, 0.25) is 0 Å². The molecule has 1 aliphatic rings. The lowest BCUT2D eigenvalue weighted by Gasteiger charge is -2.20. The quantitative estimate of drug-likeness (QED) is 0.454. The minimum atomic E-state index is -0.724. The zero-order valence-electron chi connectivity index (χ0n) is 11.3. The van der Waals surface area contributed by atoms with Crippen LogP contribution in [-0.4, -0.2) is 34.2 Å². The Morgan fingerprint density at radius 2 is 2.05 bits per heavy atom. The molecule has 110 valence electrons. The predicted molar refractivity (Wildman–Crippen MR) is 90.6 cm³/mol. The number of thioether (sulfide) groups is 1. The molecular formula is C14H12BrNO3S2. The van der Waals surface area contributed by atoms with Gasteiger partial charge in [-0.3, -0.25) is 9.69 Å². The third kappa shape index (κ3) is 3.53. The summed E-state index contributed by atoms with van der Waals surface area (Å²) in [6.07, 6.45) is 1.76. The molecule has 7 heteroatoms. The van der Waals surface area contributed by atoms with Gasteiger partial charge in [0, 0.05) is 4.47 Å². The van der Waals surface area contributed by atoms with Crippen LogP contribution in [0.2, 0.25) is 0 Å². The number of hydrogen-bond donors (Lipinski definition) is 0. The SMILES string of the molecule is COC(=O)C(C)N1C(=O)/C(=C/c2ccc(Br)cc2)SC1=S. The molecule has 21 heavy (non-hydrogen) atoms. The van der Waals surface area contributed by atoms with Crippen LogP contribution in [0.5, 0.6) is 0 Å². The molecule has 0 N–H and O–H groups in total. The fraction of sp³-hybridized carbons (Fsp3) is 0.214. The number of methoxy groups -OCH3 is 1. The number of thiocarbonyl (C=S) groups is 1. The summed E-state index contributed by atoms with van der Waals surface area (Å²) in [4.78, 5) is 25.8. The highest BCUT2D eigenvalue weighted by Gasteiger charge is 2.38. The highest BCUT2D eigenvalue weighted by atomic mass is 79.9. The van der Waals surface area contributed by atoms with Crippen LogP contribution in [0.4, 0.5) is 0 Å². The molecule has 1 aliphatic heterocycles. The van der Waals surface area contributed by atoms with Crippen LogP contribution in [-0.2, 0) is 14.3 Å². The molecule has 1 amide bonds. The van der Waals surface area contributed by atoms with E-state index in [-0.39, 0.29) is 5.91 Å². The van der Waals surface area contributed by atoms with Crippen LogP contribution in [0, 0.1) is 0 Å². The molecular weight excluding hydrogens is 374 g/mol. The van der Waals surface area contributed by atoms with Crippen molar-refractivity contribution >= 4 is 62.2 Å². The average Bonchev–Trinajstić information content (AvgIpc) is 2.74. The molecule has 0 bridgehead atoms. The van der Waals surface area contributed by atoms with Crippen molar-refractivity contribution in [2.75, 3.05) is 7.11 Å². The molecule has 0 spiro atoms. The second-order valence-corrected chi connectivity index (χ2v) is 6.89. The number of halogens is 1. The van der Waals surface area contributed by atoms with Crippen LogP contribution in [0.15, 0.2) is 33.6 Å². The van der Waals surface area contributed by atoms with Gasteiger partial charge in [0.15, 0.2) is 0 Å². The van der Waals surface area contributed by atoms with Gasteiger partial charge in [-0.15, -0.1) is 0 Å². The van der Waals surface area contributed by atoms with Crippen LogP contribution in [0.25, 0.3) is 6.08 Å². The number of nitrogens with zero attached hydrogens (tertiary/aromatic N) is 1. The number of ether oxygens (including phenoxy) is 1. The Labute approximate surface area is 140 Å². The molecule has 1 fully saturated rings. The van der Waals surface area contributed by atoms with E-state index in [0.29, 0.717) is 9.23 Å². The highest BCUT2D eigenvalue weighted by molar-refractivity contribution is 9.10. The predicted octanol–water partition coefficient (Wildman–Crippen LogP) is 3.21. The molecule has 4 nitrogen and oxygen atoms in total. The topological polar surface area (TPSA) is 46.6 Å². The summed E-state index contributed by atoms with van der Waals surface area (Å²) in [5, 5.41) is 0. The Hall–Kier alpha value is -1.18. The molecule has 0 saturated carbocycles. The summed E-state index contributed by atoms with van der Waals surface area (Å²) in [7, 11) is 1.29. The lowest BCUT2D eigenvalue weighted by molar-refractivity contribution is -0.147. The van der Waals surface area contributed by atoms with E-state index in [1.54, 1.807) is 13.0 Å². The summed E-state index contributed by atoms with van der Waals surface area (Å²) in [5.41, 5.74) is 0.893. The van der Waals surface area contributed by atoms with Gasteiger partial charge < -0.3 is 4.74 Å². The second-order valence-electron chi connectivity index (χ2n) is 4.30.